The first kappa shape index (κ1) is 27.8. The predicted molar refractivity (Wildman–Crippen MR) is 145 cm³/mol. The van der Waals surface area contributed by atoms with Gasteiger partial charge in [-0.1, -0.05) is 48.9 Å². The highest BCUT2D eigenvalue weighted by Crippen LogP contribution is 2.39. The van der Waals surface area contributed by atoms with E-state index in [0.29, 0.717) is 18.7 Å². The molecule has 2 N–H and O–H groups in total. The number of nitrogens with one attached hydrogen (secondary N) is 1. The van der Waals surface area contributed by atoms with Crippen molar-refractivity contribution in [2.24, 2.45) is 0 Å². The molecule has 1 aliphatic heterocycles. The fraction of sp³-hybridized carbons (Fsp3) is 0.379. The number of pyridine rings is 1. The third kappa shape index (κ3) is 5.75. The maximum absolute atomic E-state index is 13.5. The number of rotatable bonds is 8. The SMILES string of the molecule is CCc1ccc(S(=O)(=O)N[C@@H]2c3cc(C(=O)N(CC)Cc4ccc(C)cc4)cnc3OC(C)(C)[C@H]2O)cc1. The molecule has 202 valence electrons. The Bertz CT molecular complexity index is 1400. The Kier molecular flexibility index (Phi) is 7.92. The topological polar surface area (TPSA) is 109 Å². The molecule has 1 amide bonds. The highest BCUT2D eigenvalue weighted by molar-refractivity contribution is 7.89. The number of aromatic nitrogens is 1. The van der Waals surface area contributed by atoms with Gasteiger partial charge in [-0.2, -0.15) is 0 Å². The average Bonchev–Trinajstić information content (AvgIpc) is 2.90. The minimum atomic E-state index is -4.00. The van der Waals surface area contributed by atoms with Gasteiger partial charge in [0.2, 0.25) is 15.9 Å². The van der Waals surface area contributed by atoms with Crippen LogP contribution in [0, 0.1) is 6.92 Å². The molecule has 0 saturated heterocycles. The van der Waals surface area contributed by atoms with Crippen molar-refractivity contribution in [1.29, 1.82) is 0 Å². The first-order valence-corrected chi connectivity index (χ1v) is 14.3. The van der Waals surface area contributed by atoms with Gasteiger partial charge in [0.15, 0.2) is 0 Å². The van der Waals surface area contributed by atoms with Gasteiger partial charge in [-0.3, -0.25) is 4.79 Å². The second-order valence-electron chi connectivity index (χ2n) is 10.2. The van der Waals surface area contributed by atoms with Gasteiger partial charge in [0.05, 0.1) is 16.5 Å². The molecule has 2 atom stereocenters. The zero-order valence-electron chi connectivity index (χ0n) is 22.4. The summed E-state index contributed by atoms with van der Waals surface area (Å²) in [5, 5.41) is 11.2. The van der Waals surface area contributed by atoms with E-state index in [9.17, 15) is 18.3 Å². The van der Waals surface area contributed by atoms with E-state index in [1.165, 1.54) is 6.20 Å². The summed E-state index contributed by atoms with van der Waals surface area (Å²) in [6.07, 6.45) is 0.985. The van der Waals surface area contributed by atoms with E-state index in [0.717, 1.165) is 23.1 Å². The molecule has 0 saturated carbocycles. The lowest BCUT2D eigenvalue weighted by Gasteiger charge is -2.41. The number of benzene rings is 2. The number of hydrogen-bond donors (Lipinski definition) is 2. The van der Waals surface area contributed by atoms with Crippen molar-refractivity contribution in [2.45, 2.75) is 70.2 Å². The molecule has 1 aliphatic rings. The number of fused-ring (bicyclic) bond motifs is 1. The number of hydrogen-bond acceptors (Lipinski definition) is 6. The normalized spacial score (nSPS) is 18.4. The summed E-state index contributed by atoms with van der Waals surface area (Å²) >= 11 is 0. The second kappa shape index (κ2) is 10.8. The van der Waals surface area contributed by atoms with Crippen molar-refractivity contribution in [3.8, 4) is 5.88 Å². The lowest BCUT2D eigenvalue weighted by molar-refractivity contribution is -0.0632. The van der Waals surface area contributed by atoms with E-state index in [4.69, 9.17) is 4.74 Å². The Morgan fingerprint density at radius 3 is 2.32 bits per heavy atom. The third-order valence-corrected chi connectivity index (χ3v) is 8.39. The average molecular weight is 538 g/mol. The summed E-state index contributed by atoms with van der Waals surface area (Å²) in [5.41, 5.74) is 2.62. The minimum absolute atomic E-state index is 0.0863. The number of ether oxygens (including phenoxy) is 1. The van der Waals surface area contributed by atoms with Gasteiger partial charge in [0, 0.05) is 24.8 Å². The number of aliphatic hydroxyl groups is 1. The Balaban J connectivity index is 1.67. The van der Waals surface area contributed by atoms with Crippen LogP contribution in [0.5, 0.6) is 5.88 Å². The van der Waals surface area contributed by atoms with Gasteiger partial charge >= 0.3 is 0 Å². The largest absolute Gasteiger partial charge is 0.469 e. The molecule has 1 aromatic heterocycles. The molecule has 38 heavy (non-hydrogen) atoms. The summed E-state index contributed by atoms with van der Waals surface area (Å²) in [6.45, 7) is 10.1. The first-order valence-electron chi connectivity index (χ1n) is 12.8. The highest BCUT2D eigenvalue weighted by atomic mass is 32.2. The molecule has 2 aromatic carbocycles. The van der Waals surface area contributed by atoms with Gasteiger partial charge in [-0.15, -0.1) is 0 Å². The van der Waals surface area contributed by atoms with Gasteiger partial charge in [0.1, 0.15) is 11.7 Å². The van der Waals surface area contributed by atoms with Gasteiger partial charge in [0.25, 0.3) is 5.91 Å². The van der Waals surface area contributed by atoms with Crippen molar-refractivity contribution < 1.29 is 23.1 Å². The summed E-state index contributed by atoms with van der Waals surface area (Å²) in [7, 11) is -4.00. The van der Waals surface area contributed by atoms with Crippen LogP contribution in [0.15, 0.2) is 65.7 Å². The van der Waals surface area contributed by atoms with Crippen LogP contribution < -0.4 is 9.46 Å². The monoisotopic (exact) mass is 537 g/mol. The smallest absolute Gasteiger partial charge is 0.255 e. The van der Waals surface area contributed by atoms with Crippen LogP contribution >= 0.6 is 0 Å². The summed E-state index contributed by atoms with van der Waals surface area (Å²) in [5.74, 6) is -0.0769. The van der Waals surface area contributed by atoms with Crippen LogP contribution in [0.4, 0.5) is 0 Å². The Labute approximate surface area is 224 Å². The van der Waals surface area contributed by atoms with Crippen LogP contribution in [-0.4, -0.2) is 47.6 Å². The fourth-order valence-electron chi connectivity index (χ4n) is 4.47. The van der Waals surface area contributed by atoms with Gasteiger partial charge in [-0.05, 0) is 63.4 Å². The summed E-state index contributed by atoms with van der Waals surface area (Å²) < 4.78 is 35.2. The highest BCUT2D eigenvalue weighted by Gasteiger charge is 2.45. The molecule has 0 bridgehead atoms. The number of carbonyl (C=O) groups excluding carboxylic acids is 1. The van der Waals surface area contributed by atoms with Crippen LogP contribution in [-0.2, 0) is 23.0 Å². The summed E-state index contributed by atoms with van der Waals surface area (Å²) in [4.78, 5) is 19.6. The Morgan fingerprint density at radius 2 is 1.71 bits per heavy atom. The van der Waals surface area contributed by atoms with Crippen molar-refractivity contribution in [3.05, 3.63) is 88.6 Å². The standard InChI is InChI=1S/C29H35N3O5S/c1-6-20-12-14-23(15-13-20)38(35,36)31-25-24-16-22(17-30-27(24)37-29(4,5)26(25)33)28(34)32(7-2)18-21-10-8-19(3)9-11-21/h8-17,25-26,31,33H,6-7,18H2,1-5H3/t25-,26+/m1/s1. The number of sulfonamides is 1. The maximum atomic E-state index is 13.5. The zero-order valence-corrected chi connectivity index (χ0v) is 23.2. The van der Waals surface area contributed by atoms with E-state index < -0.39 is 27.8 Å². The van der Waals surface area contributed by atoms with Crippen LogP contribution in [0.1, 0.15) is 66.3 Å². The van der Waals surface area contributed by atoms with E-state index >= 15 is 0 Å². The minimum Gasteiger partial charge on any atom is -0.469 e. The van der Waals surface area contributed by atoms with E-state index in [-0.39, 0.29) is 22.2 Å². The molecule has 0 radical (unpaired) electrons. The quantitative estimate of drug-likeness (QED) is 0.447. The Hall–Kier alpha value is -3.27. The number of carbonyl (C=O) groups is 1. The number of amides is 1. The first-order chi connectivity index (χ1) is 17.9. The van der Waals surface area contributed by atoms with Crippen molar-refractivity contribution in [2.75, 3.05) is 6.54 Å². The van der Waals surface area contributed by atoms with Crippen LogP contribution in [0.25, 0.3) is 0 Å². The van der Waals surface area contributed by atoms with Crippen LogP contribution in [0.3, 0.4) is 0 Å². The third-order valence-electron chi connectivity index (χ3n) is 6.94. The molecule has 3 aromatic rings. The lowest BCUT2D eigenvalue weighted by atomic mass is 9.88. The van der Waals surface area contributed by atoms with Gasteiger partial charge < -0.3 is 14.7 Å². The predicted octanol–water partition coefficient (Wildman–Crippen LogP) is 4.17. The fourth-order valence-corrected chi connectivity index (χ4v) is 5.69. The molecular formula is C29H35N3O5S. The van der Waals surface area contributed by atoms with Crippen molar-refractivity contribution in [1.82, 2.24) is 14.6 Å². The van der Waals surface area contributed by atoms with Crippen molar-refractivity contribution >= 4 is 15.9 Å². The maximum Gasteiger partial charge on any atom is 0.255 e. The molecule has 0 unspecified atom stereocenters. The molecular weight excluding hydrogens is 502 g/mol. The molecule has 2 heterocycles. The van der Waals surface area contributed by atoms with Gasteiger partial charge in [-0.25, -0.2) is 18.1 Å². The number of nitrogens with zero attached hydrogens (tertiary/aromatic N) is 2. The van der Waals surface area contributed by atoms with E-state index in [2.05, 4.69) is 9.71 Å². The summed E-state index contributed by atoms with van der Waals surface area (Å²) in [6, 6.07) is 15.1. The molecule has 0 aliphatic carbocycles. The zero-order chi connectivity index (χ0) is 27.7. The second-order valence-corrected chi connectivity index (χ2v) is 11.9. The molecule has 9 heteroatoms. The molecule has 0 spiro atoms. The van der Waals surface area contributed by atoms with E-state index in [1.54, 1.807) is 49.1 Å². The van der Waals surface area contributed by atoms with Crippen LogP contribution in [0.2, 0.25) is 0 Å². The lowest BCUT2D eigenvalue weighted by Crippen LogP contribution is -2.53. The molecule has 8 nitrogen and oxygen atoms in total. The Morgan fingerprint density at radius 1 is 1.08 bits per heavy atom. The molecule has 4 rings (SSSR count). The number of aliphatic hydroxyl groups excluding tert-OH is 1. The van der Waals surface area contributed by atoms with E-state index in [1.807, 2.05) is 45.0 Å². The number of aryl methyl sites for hydroxylation is 2. The molecule has 0 fully saturated rings. The van der Waals surface area contributed by atoms with Crippen molar-refractivity contribution in [3.63, 3.8) is 0 Å².